The molecule has 5 heteroatoms. The maximum Gasteiger partial charge on any atom is 0.119 e. The van der Waals surface area contributed by atoms with Gasteiger partial charge in [0.05, 0.1) is 6.10 Å². The largest absolute Gasteiger partial charge is 0.491 e. The van der Waals surface area contributed by atoms with Crippen molar-refractivity contribution in [3.05, 3.63) is 30.3 Å². The molecule has 0 radical (unpaired) electrons. The Morgan fingerprint density at radius 3 is 2.17 bits per heavy atom. The topological polar surface area (TPSA) is 29.5 Å². The minimum atomic E-state index is -0.447. The molecule has 0 aromatic heterocycles. The van der Waals surface area contributed by atoms with Crippen LogP contribution in [0, 0.1) is 0 Å². The van der Waals surface area contributed by atoms with Gasteiger partial charge in [0, 0.05) is 6.42 Å². The number of hydrogen-bond acceptors (Lipinski definition) is 5. The third kappa shape index (κ3) is 4.96. The molecule has 0 fully saturated rings. The van der Waals surface area contributed by atoms with Gasteiger partial charge in [-0.25, -0.2) is 0 Å². The number of rotatable bonds is 8. The van der Waals surface area contributed by atoms with Crippen LogP contribution in [0.4, 0.5) is 0 Å². The molecule has 1 atom stereocenters. The van der Waals surface area contributed by atoms with Crippen LogP contribution >= 0.6 is 35.3 Å². The fourth-order valence-electron chi connectivity index (χ4n) is 1.56. The molecule has 2 nitrogen and oxygen atoms in total. The monoisotopic (exact) mass is 304 g/mol. The van der Waals surface area contributed by atoms with E-state index in [0.29, 0.717) is 13.0 Å². The molecule has 1 rings (SSSR count). The van der Waals surface area contributed by atoms with Gasteiger partial charge in [0.25, 0.3) is 0 Å². The van der Waals surface area contributed by atoms with Crippen LogP contribution in [0.2, 0.25) is 0 Å². The van der Waals surface area contributed by atoms with Gasteiger partial charge < -0.3 is 9.84 Å². The van der Waals surface area contributed by atoms with E-state index in [4.69, 9.17) is 4.74 Å². The minimum Gasteiger partial charge on any atom is -0.491 e. The molecule has 0 aliphatic rings. The number of aliphatic hydroxyl groups is 1. The van der Waals surface area contributed by atoms with Gasteiger partial charge in [-0.3, -0.25) is 0 Å². The first-order valence-electron chi connectivity index (χ1n) is 5.67. The van der Waals surface area contributed by atoms with Crippen molar-refractivity contribution in [2.45, 2.75) is 15.9 Å². The molecule has 18 heavy (non-hydrogen) atoms. The van der Waals surface area contributed by atoms with E-state index in [1.165, 1.54) is 0 Å². The Morgan fingerprint density at radius 1 is 1.11 bits per heavy atom. The molecule has 0 bridgehead atoms. The molecule has 0 spiro atoms. The van der Waals surface area contributed by atoms with Crippen LogP contribution < -0.4 is 4.74 Å². The van der Waals surface area contributed by atoms with Crippen LogP contribution in [0.15, 0.2) is 30.3 Å². The van der Waals surface area contributed by atoms with Gasteiger partial charge in [-0.05, 0) is 30.9 Å². The van der Waals surface area contributed by atoms with E-state index in [0.717, 1.165) is 5.75 Å². The normalized spacial score (nSPS) is 13.3. The zero-order valence-electron chi connectivity index (χ0n) is 11.0. The van der Waals surface area contributed by atoms with Crippen LogP contribution in [-0.2, 0) is 0 Å². The number of benzene rings is 1. The van der Waals surface area contributed by atoms with E-state index in [9.17, 15) is 5.11 Å². The second-order valence-corrected chi connectivity index (χ2v) is 7.87. The summed E-state index contributed by atoms with van der Waals surface area (Å²) < 4.78 is 5.58. The molecule has 0 aliphatic heterocycles. The highest BCUT2D eigenvalue weighted by Gasteiger charge is 2.30. The third-order valence-corrected chi connectivity index (χ3v) is 7.97. The van der Waals surface area contributed by atoms with E-state index in [-0.39, 0.29) is 3.41 Å². The first-order chi connectivity index (χ1) is 8.65. The highest BCUT2D eigenvalue weighted by atomic mass is 32.3. The van der Waals surface area contributed by atoms with Gasteiger partial charge >= 0.3 is 0 Å². The van der Waals surface area contributed by atoms with E-state index in [2.05, 4.69) is 18.8 Å². The maximum absolute atomic E-state index is 10.1. The van der Waals surface area contributed by atoms with E-state index in [1.807, 2.05) is 30.3 Å². The Labute approximate surface area is 122 Å². The molecule has 102 valence electrons. The van der Waals surface area contributed by atoms with Crippen LogP contribution in [-0.4, -0.2) is 40.0 Å². The maximum atomic E-state index is 10.1. The van der Waals surface area contributed by atoms with Crippen molar-refractivity contribution >= 4 is 35.3 Å². The summed E-state index contributed by atoms with van der Waals surface area (Å²) in [4.78, 5) is 0. The number of ether oxygens (including phenoxy) is 1. The Hall–Kier alpha value is 0.0300. The molecule has 0 aliphatic carbocycles. The van der Waals surface area contributed by atoms with E-state index in [1.54, 1.807) is 35.3 Å². The van der Waals surface area contributed by atoms with Crippen molar-refractivity contribution in [3.8, 4) is 5.75 Å². The van der Waals surface area contributed by atoms with Gasteiger partial charge in [0.2, 0.25) is 0 Å². The number of thioether (sulfide) groups is 3. The molecule has 0 amide bonds. The number of aliphatic hydroxyl groups excluding tert-OH is 1. The van der Waals surface area contributed by atoms with E-state index < -0.39 is 6.10 Å². The lowest BCUT2D eigenvalue weighted by Crippen LogP contribution is -2.27. The summed E-state index contributed by atoms with van der Waals surface area (Å²) in [6, 6.07) is 9.61. The fraction of sp³-hybridized carbons (Fsp3) is 0.538. The molecule has 1 unspecified atom stereocenters. The highest BCUT2D eigenvalue weighted by molar-refractivity contribution is 8.33. The fourth-order valence-corrected chi connectivity index (χ4v) is 4.63. The number of para-hydroxylation sites is 1. The van der Waals surface area contributed by atoms with Crippen molar-refractivity contribution in [3.63, 3.8) is 0 Å². The average Bonchev–Trinajstić information content (AvgIpc) is 2.44. The molecule has 1 aromatic rings. The smallest absolute Gasteiger partial charge is 0.119 e. The standard InChI is InChI=1S/C13H20O2S3/c1-16-13(17-2,18-3)9-11(14)10-15-12-7-5-4-6-8-12/h4-8,11,14H,9-10H2,1-3H3. The van der Waals surface area contributed by atoms with Gasteiger partial charge in [0.1, 0.15) is 15.8 Å². The average molecular weight is 305 g/mol. The van der Waals surface area contributed by atoms with Crippen LogP contribution in [0.25, 0.3) is 0 Å². The molecule has 0 saturated heterocycles. The summed E-state index contributed by atoms with van der Waals surface area (Å²) in [5.41, 5.74) is 0. The summed E-state index contributed by atoms with van der Waals surface area (Å²) in [7, 11) is 0. The molecule has 1 N–H and O–H groups in total. The summed E-state index contributed by atoms with van der Waals surface area (Å²) >= 11 is 5.33. The summed E-state index contributed by atoms with van der Waals surface area (Å²) in [5, 5.41) is 10.1. The van der Waals surface area contributed by atoms with Crippen molar-refractivity contribution < 1.29 is 9.84 Å². The predicted molar refractivity (Wildman–Crippen MR) is 85.8 cm³/mol. The van der Waals surface area contributed by atoms with Crippen LogP contribution in [0.1, 0.15) is 6.42 Å². The Kier molecular flexibility index (Phi) is 7.37. The predicted octanol–water partition coefficient (Wildman–Crippen LogP) is 3.56. The summed E-state index contributed by atoms with van der Waals surface area (Å²) in [5.74, 6) is 0.805. The summed E-state index contributed by atoms with van der Waals surface area (Å²) in [6.07, 6.45) is 6.51. The second kappa shape index (κ2) is 8.25. The Balaban J connectivity index is 2.43. The van der Waals surface area contributed by atoms with Crippen molar-refractivity contribution in [2.24, 2.45) is 0 Å². The Bertz CT molecular complexity index is 320. The zero-order chi connectivity index (χ0) is 13.4. The van der Waals surface area contributed by atoms with Gasteiger partial charge in [-0.2, -0.15) is 0 Å². The lowest BCUT2D eigenvalue weighted by Gasteiger charge is -2.30. The first kappa shape index (κ1) is 16.1. The van der Waals surface area contributed by atoms with Crippen molar-refractivity contribution in [1.82, 2.24) is 0 Å². The van der Waals surface area contributed by atoms with Gasteiger partial charge in [0.15, 0.2) is 0 Å². The van der Waals surface area contributed by atoms with E-state index >= 15 is 0 Å². The minimum absolute atomic E-state index is 0.0134. The van der Waals surface area contributed by atoms with Gasteiger partial charge in [-0.1, -0.05) is 18.2 Å². The van der Waals surface area contributed by atoms with Crippen molar-refractivity contribution in [2.75, 3.05) is 25.4 Å². The Morgan fingerprint density at radius 2 is 1.67 bits per heavy atom. The quantitative estimate of drug-likeness (QED) is 0.742. The van der Waals surface area contributed by atoms with Crippen molar-refractivity contribution in [1.29, 1.82) is 0 Å². The van der Waals surface area contributed by atoms with Crippen LogP contribution in [0.3, 0.4) is 0 Å². The zero-order valence-corrected chi connectivity index (χ0v) is 13.4. The molecule has 0 heterocycles. The van der Waals surface area contributed by atoms with Crippen LogP contribution in [0.5, 0.6) is 5.75 Å². The number of hydrogen-bond donors (Lipinski definition) is 1. The molecule has 1 aromatic carbocycles. The SMILES string of the molecule is CSC(CC(O)COc1ccccc1)(SC)SC. The second-order valence-electron chi connectivity index (χ2n) is 3.78. The first-order valence-corrected chi connectivity index (χ1v) is 9.34. The van der Waals surface area contributed by atoms with Gasteiger partial charge in [-0.15, -0.1) is 35.3 Å². The summed E-state index contributed by atoms with van der Waals surface area (Å²) in [6.45, 7) is 0.341. The highest BCUT2D eigenvalue weighted by Crippen LogP contribution is 2.46. The third-order valence-electron chi connectivity index (χ3n) is 2.60. The lowest BCUT2D eigenvalue weighted by molar-refractivity contribution is 0.102. The molecular weight excluding hydrogens is 284 g/mol. The lowest BCUT2D eigenvalue weighted by atomic mass is 10.3. The molecular formula is C13H20O2S3. The molecule has 0 saturated carbocycles.